The van der Waals surface area contributed by atoms with E-state index in [9.17, 15) is 9.59 Å². The molecule has 2 saturated heterocycles. The highest BCUT2D eigenvalue weighted by atomic mass is 16.5. The smallest absolute Gasteiger partial charge is 0.225 e. The van der Waals surface area contributed by atoms with Crippen molar-refractivity contribution in [2.24, 2.45) is 5.92 Å². The van der Waals surface area contributed by atoms with E-state index in [4.69, 9.17) is 13.9 Å². The molecule has 31 heavy (non-hydrogen) atoms. The third-order valence-corrected chi connectivity index (χ3v) is 6.00. The maximum atomic E-state index is 12.6. The van der Waals surface area contributed by atoms with E-state index < -0.39 is 0 Å². The summed E-state index contributed by atoms with van der Waals surface area (Å²) in [4.78, 5) is 33.3. The van der Waals surface area contributed by atoms with Crippen LogP contribution in [-0.4, -0.2) is 73.1 Å². The highest BCUT2D eigenvalue weighted by Crippen LogP contribution is 2.24. The summed E-state index contributed by atoms with van der Waals surface area (Å²) in [5.74, 6) is 2.32. The normalized spacial score (nSPS) is 17.6. The van der Waals surface area contributed by atoms with Gasteiger partial charge in [-0.25, -0.2) is 4.98 Å². The van der Waals surface area contributed by atoms with Gasteiger partial charge in [0.15, 0.2) is 11.7 Å². The van der Waals surface area contributed by atoms with Crippen LogP contribution in [0, 0.1) is 5.92 Å². The van der Waals surface area contributed by atoms with Crippen molar-refractivity contribution in [3.05, 3.63) is 36.4 Å². The number of nitrogens with zero attached hydrogens (tertiary/aromatic N) is 3. The molecule has 2 aliphatic rings. The van der Waals surface area contributed by atoms with E-state index >= 15 is 0 Å². The second-order valence-electron chi connectivity index (χ2n) is 7.94. The second-order valence-corrected chi connectivity index (χ2v) is 7.94. The monoisotopic (exact) mass is 427 g/mol. The molecule has 0 radical (unpaired) electrons. The summed E-state index contributed by atoms with van der Waals surface area (Å²) in [6, 6.07) is 7.57. The zero-order valence-electron chi connectivity index (χ0n) is 17.9. The molecule has 0 aliphatic carbocycles. The molecule has 0 unspecified atom stereocenters. The Balaban J connectivity index is 1.23. The van der Waals surface area contributed by atoms with Gasteiger partial charge in [0.2, 0.25) is 11.8 Å². The van der Waals surface area contributed by atoms with Gasteiger partial charge in [-0.15, -0.1) is 0 Å². The van der Waals surface area contributed by atoms with E-state index in [1.165, 1.54) is 0 Å². The van der Waals surface area contributed by atoms with Gasteiger partial charge in [-0.2, -0.15) is 0 Å². The van der Waals surface area contributed by atoms with Gasteiger partial charge in [-0.1, -0.05) is 0 Å². The molecule has 3 heterocycles. The van der Waals surface area contributed by atoms with E-state index in [1.807, 2.05) is 34.1 Å². The largest absolute Gasteiger partial charge is 0.497 e. The fraction of sp³-hybridized carbons (Fsp3) is 0.522. The summed E-state index contributed by atoms with van der Waals surface area (Å²) in [7, 11) is 1.63. The fourth-order valence-electron chi connectivity index (χ4n) is 4.10. The number of methoxy groups -OCH3 is 1. The molecular formula is C23H29N3O5. The average Bonchev–Trinajstić information content (AvgIpc) is 3.32. The number of aryl methyl sites for hydroxylation is 1. The van der Waals surface area contributed by atoms with Crippen molar-refractivity contribution >= 4 is 11.8 Å². The first-order valence-corrected chi connectivity index (χ1v) is 10.9. The van der Waals surface area contributed by atoms with Gasteiger partial charge in [-0.3, -0.25) is 9.59 Å². The third kappa shape index (κ3) is 5.25. The van der Waals surface area contributed by atoms with Gasteiger partial charge in [0.1, 0.15) is 5.75 Å². The van der Waals surface area contributed by atoms with Gasteiger partial charge in [0.05, 0.1) is 26.5 Å². The van der Waals surface area contributed by atoms with Gasteiger partial charge < -0.3 is 23.7 Å². The standard InChI is InChI=1S/C23H29N3O5/c1-29-19-4-2-17(3-5-19)20-16-24-21(31-20)6-7-22(27)25-10-8-18(9-11-25)23(28)26-12-14-30-15-13-26/h2-5,16,18H,6-15H2,1H3. The van der Waals surface area contributed by atoms with Crippen LogP contribution < -0.4 is 4.74 Å². The molecule has 166 valence electrons. The molecule has 0 bridgehead atoms. The molecule has 1 aromatic heterocycles. The first kappa shape index (κ1) is 21.4. The van der Waals surface area contributed by atoms with E-state index in [-0.39, 0.29) is 17.7 Å². The van der Waals surface area contributed by atoms with Crippen LogP contribution >= 0.6 is 0 Å². The lowest BCUT2D eigenvalue weighted by atomic mass is 9.95. The summed E-state index contributed by atoms with van der Waals surface area (Å²) in [5, 5.41) is 0. The maximum absolute atomic E-state index is 12.6. The summed E-state index contributed by atoms with van der Waals surface area (Å²) in [5.41, 5.74) is 0.915. The molecule has 0 spiro atoms. The Kier molecular flexibility index (Phi) is 6.86. The zero-order valence-corrected chi connectivity index (χ0v) is 17.9. The van der Waals surface area contributed by atoms with Crippen molar-refractivity contribution < 1.29 is 23.5 Å². The molecule has 2 fully saturated rings. The topological polar surface area (TPSA) is 85.1 Å². The quantitative estimate of drug-likeness (QED) is 0.704. The van der Waals surface area contributed by atoms with Gasteiger partial charge >= 0.3 is 0 Å². The number of piperidine rings is 1. The number of ether oxygens (including phenoxy) is 2. The molecule has 2 aromatic rings. The van der Waals surface area contributed by atoms with Crippen molar-refractivity contribution in [3.63, 3.8) is 0 Å². The van der Waals surface area contributed by atoms with E-state index in [0.29, 0.717) is 63.9 Å². The van der Waals surface area contributed by atoms with E-state index in [0.717, 1.165) is 24.2 Å². The van der Waals surface area contributed by atoms with E-state index in [1.54, 1.807) is 13.3 Å². The number of carbonyl (C=O) groups excluding carboxylic acids is 2. The molecule has 0 atom stereocenters. The number of oxazole rings is 1. The minimum atomic E-state index is 0.0148. The maximum Gasteiger partial charge on any atom is 0.225 e. The number of carbonyl (C=O) groups is 2. The minimum Gasteiger partial charge on any atom is -0.497 e. The molecule has 8 nitrogen and oxygen atoms in total. The predicted octanol–water partition coefficient (Wildman–Crippen LogP) is 2.38. The Bertz CT molecular complexity index is 881. The molecular weight excluding hydrogens is 398 g/mol. The van der Waals surface area contributed by atoms with Crippen molar-refractivity contribution in [2.75, 3.05) is 46.5 Å². The van der Waals surface area contributed by atoms with Gasteiger partial charge in [-0.05, 0) is 37.1 Å². The molecule has 0 saturated carbocycles. The lowest BCUT2D eigenvalue weighted by molar-refractivity contribution is -0.143. The third-order valence-electron chi connectivity index (χ3n) is 6.00. The first-order chi connectivity index (χ1) is 15.1. The van der Waals surface area contributed by atoms with Crippen LogP contribution in [0.5, 0.6) is 5.75 Å². The molecule has 2 amide bonds. The first-order valence-electron chi connectivity index (χ1n) is 10.9. The van der Waals surface area contributed by atoms with Crippen LogP contribution in [0.1, 0.15) is 25.2 Å². The average molecular weight is 428 g/mol. The Hall–Kier alpha value is -2.87. The van der Waals surface area contributed by atoms with Crippen LogP contribution in [0.25, 0.3) is 11.3 Å². The molecule has 4 rings (SSSR count). The van der Waals surface area contributed by atoms with Crippen LogP contribution in [0.3, 0.4) is 0 Å². The SMILES string of the molecule is COc1ccc(-c2cnc(CCC(=O)N3CCC(C(=O)N4CCOCC4)CC3)o2)cc1. The minimum absolute atomic E-state index is 0.0148. The van der Waals surface area contributed by atoms with Crippen molar-refractivity contribution in [3.8, 4) is 17.1 Å². The van der Waals surface area contributed by atoms with Crippen molar-refractivity contribution in [1.29, 1.82) is 0 Å². The number of rotatable bonds is 6. The molecule has 1 aromatic carbocycles. The molecule has 8 heteroatoms. The number of likely N-dealkylation sites (tertiary alicyclic amines) is 1. The number of hydrogen-bond donors (Lipinski definition) is 0. The highest BCUT2D eigenvalue weighted by Gasteiger charge is 2.30. The number of morpholine rings is 1. The molecule has 2 aliphatic heterocycles. The predicted molar refractivity (Wildman–Crippen MR) is 114 cm³/mol. The van der Waals surface area contributed by atoms with Gasteiger partial charge in [0, 0.05) is 50.5 Å². The Labute approximate surface area is 182 Å². The second kappa shape index (κ2) is 9.96. The number of benzene rings is 1. The number of aromatic nitrogens is 1. The van der Waals surface area contributed by atoms with Crippen molar-refractivity contribution in [1.82, 2.24) is 14.8 Å². The lowest BCUT2D eigenvalue weighted by Crippen LogP contribution is -2.47. The summed E-state index contributed by atoms with van der Waals surface area (Å²) < 4.78 is 16.3. The molecule has 0 N–H and O–H groups in total. The van der Waals surface area contributed by atoms with Crippen LogP contribution in [0.2, 0.25) is 0 Å². The zero-order chi connectivity index (χ0) is 21.6. The van der Waals surface area contributed by atoms with Crippen LogP contribution in [0.4, 0.5) is 0 Å². The lowest BCUT2D eigenvalue weighted by Gasteiger charge is -2.35. The van der Waals surface area contributed by atoms with E-state index in [2.05, 4.69) is 4.98 Å². The fourth-order valence-corrected chi connectivity index (χ4v) is 4.10. The summed E-state index contributed by atoms with van der Waals surface area (Å²) >= 11 is 0. The Morgan fingerprint density at radius 3 is 2.45 bits per heavy atom. The van der Waals surface area contributed by atoms with Gasteiger partial charge in [0.25, 0.3) is 0 Å². The summed E-state index contributed by atoms with van der Waals surface area (Å²) in [6.45, 7) is 3.83. The highest BCUT2D eigenvalue weighted by molar-refractivity contribution is 5.80. The van der Waals surface area contributed by atoms with Crippen LogP contribution in [0.15, 0.2) is 34.9 Å². The number of amides is 2. The summed E-state index contributed by atoms with van der Waals surface area (Å²) in [6.07, 6.45) is 3.95. The van der Waals surface area contributed by atoms with Crippen molar-refractivity contribution in [2.45, 2.75) is 25.7 Å². The van der Waals surface area contributed by atoms with Crippen LogP contribution in [-0.2, 0) is 20.7 Å². The number of hydrogen-bond acceptors (Lipinski definition) is 6. The Morgan fingerprint density at radius 2 is 1.77 bits per heavy atom. The Morgan fingerprint density at radius 1 is 1.06 bits per heavy atom.